The molecule has 2 aromatic rings. The zero-order valence-corrected chi connectivity index (χ0v) is 17.7. The number of nitrogens with one attached hydrogen (secondary N) is 3. The van der Waals surface area contributed by atoms with Gasteiger partial charge in [-0.3, -0.25) is 0 Å². The number of benzene rings is 1. The van der Waals surface area contributed by atoms with Crippen LogP contribution in [0.5, 0.6) is 0 Å². The molecule has 0 saturated carbocycles. The molecule has 5 rings (SSSR count). The molecule has 4 heterocycles. The fourth-order valence-corrected chi connectivity index (χ4v) is 4.70. The predicted molar refractivity (Wildman–Crippen MR) is 118 cm³/mol. The van der Waals surface area contributed by atoms with Crippen LogP contribution in [-0.2, 0) is 17.7 Å². The zero-order valence-electron chi connectivity index (χ0n) is 17.7. The van der Waals surface area contributed by atoms with Crippen molar-refractivity contribution in [3.05, 3.63) is 53.3 Å². The third-order valence-corrected chi connectivity index (χ3v) is 6.54. The Labute approximate surface area is 182 Å². The summed E-state index contributed by atoms with van der Waals surface area (Å²) in [6.45, 7) is 4.42. The lowest BCUT2D eigenvalue weighted by Gasteiger charge is -2.31. The van der Waals surface area contributed by atoms with E-state index in [-0.39, 0.29) is 12.1 Å². The molecule has 0 spiro atoms. The minimum absolute atomic E-state index is 0.0159. The number of aromatic nitrogens is 2. The van der Waals surface area contributed by atoms with Crippen LogP contribution in [0.15, 0.2) is 36.5 Å². The van der Waals surface area contributed by atoms with E-state index in [0.29, 0.717) is 31.0 Å². The van der Waals surface area contributed by atoms with Gasteiger partial charge in [0.25, 0.3) is 0 Å². The van der Waals surface area contributed by atoms with Gasteiger partial charge >= 0.3 is 6.03 Å². The molecule has 0 radical (unpaired) electrons. The second-order valence-corrected chi connectivity index (χ2v) is 8.60. The van der Waals surface area contributed by atoms with E-state index >= 15 is 0 Å². The summed E-state index contributed by atoms with van der Waals surface area (Å²) in [6.07, 6.45) is 4.62. The van der Waals surface area contributed by atoms with Gasteiger partial charge < -0.3 is 25.6 Å². The lowest BCUT2D eigenvalue weighted by molar-refractivity contribution is 0.0903. The molecule has 0 unspecified atom stereocenters. The van der Waals surface area contributed by atoms with Crippen LogP contribution < -0.4 is 16.0 Å². The summed E-state index contributed by atoms with van der Waals surface area (Å²) in [5.74, 6) is 0.942. The first-order valence-electron chi connectivity index (χ1n) is 11.3. The molecule has 31 heavy (non-hydrogen) atoms. The van der Waals surface area contributed by atoms with Crippen molar-refractivity contribution in [2.45, 2.75) is 43.8 Å². The highest BCUT2D eigenvalue weighted by molar-refractivity contribution is 5.75. The van der Waals surface area contributed by atoms with E-state index in [0.717, 1.165) is 56.8 Å². The van der Waals surface area contributed by atoms with Gasteiger partial charge in [-0.25, -0.2) is 14.8 Å². The molecule has 3 aliphatic heterocycles. The lowest BCUT2D eigenvalue weighted by atomic mass is 9.94. The van der Waals surface area contributed by atoms with Crippen LogP contribution in [0, 0.1) is 0 Å². The Bertz CT molecular complexity index is 902. The van der Waals surface area contributed by atoms with Crippen LogP contribution in [0.25, 0.3) is 0 Å². The van der Waals surface area contributed by atoms with Gasteiger partial charge in [0.15, 0.2) is 0 Å². The number of ether oxygens (including phenoxy) is 1. The quantitative estimate of drug-likeness (QED) is 0.697. The number of urea groups is 1. The molecule has 0 aliphatic carbocycles. The van der Waals surface area contributed by atoms with Crippen molar-refractivity contribution in [3.8, 4) is 0 Å². The maximum atomic E-state index is 13.1. The minimum atomic E-state index is -0.0159. The van der Waals surface area contributed by atoms with Gasteiger partial charge in [0.05, 0.1) is 18.3 Å². The smallest absolute Gasteiger partial charge is 0.318 e. The Kier molecular flexibility index (Phi) is 5.99. The van der Waals surface area contributed by atoms with Crippen molar-refractivity contribution in [1.82, 2.24) is 25.5 Å². The molecule has 0 bridgehead atoms. The molecule has 3 N–H and O–H groups in total. The Morgan fingerprint density at radius 1 is 1.16 bits per heavy atom. The molecule has 1 aromatic carbocycles. The number of fused-ring (bicyclic) bond motifs is 1. The Balaban J connectivity index is 1.22. The number of hydrogen-bond acceptors (Lipinski definition) is 6. The van der Waals surface area contributed by atoms with Gasteiger partial charge in [-0.05, 0) is 30.4 Å². The van der Waals surface area contributed by atoms with Crippen molar-refractivity contribution < 1.29 is 9.53 Å². The third-order valence-electron chi connectivity index (χ3n) is 6.54. The Morgan fingerprint density at radius 2 is 2.00 bits per heavy atom. The standard InChI is InChI=1S/C23H30N6O2/c30-23(28-20-14-24-13-19(20)16-4-2-1-3-5-16)29-9-6-17-12-25-22(27-21(17)15-29)26-18-7-10-31-11-8-18/h1-5,12,18-20,24H,6-11,13-15H2,(H,28,30)(H,25,26,27)/t19-,20-/m1/s1. The fraction of sp³-hybridized carbons (Fsp3) is 0.522. The Morgan fingerprint density at radius 3 is 2.84 bits per heavy atom. The molecule has 2 amide bonds. The van der Waals surface area contributed by atoms with Gasteiger partial charge in [-0.15, -0.1) is 0 Å². The van der Waals surface area contributed by atoms with Crippen molar-refractivity contribution in [1.29, 1.82) is 0 Å². The predicted octanol–water partition coefficient (Wildman–Crippen LogP) is 1.89. The van der Waals surface area contributed by atoms with Gasteiger partial charge in [-0.2, -0.15) is 0 Å². The average molecular weight is 423 g/mol. The van der Waals surface area contributed by atoms with E-state index in [2.05, 4.69) is 45.2 Å². The topological polar surface area (TPSA) is 91.4 Å². The van der Waals surface area contributed by atoms with Crippen LogP contribution >= 0.6 is 0 Å². The lowest BCUT2D eigenvalue weighted by Crippen LogP contribution is -2.48. The van der Waals surface area contributed by atoms with Crippen LogP contribution in [0.1, 0.15) is 35.6 Å². The third kappa shape index (κ3) is 4.65. The SMILES string of the molecule is O=C(N[C@@H]1CNC[C@@H]1c1ccccc1)N1CCc2cnc(NC3CCOCC3)nc2C1. The number of carbonyl (C=O) groups excluding carboxylic acids is 1. The van der Waals surface area contributed by atoms with Crippen molar-refractivity contribution in [2.75, 3.05) is 38.2 Å². The number of amides is 2. The largest absolute Gasteiger partial charge is 0.381 e. The fourth-order valence-electron chi connectivity index (χ4n) is 4.70. The first-order chi connectivity index (χ1) is 15.3. The van der Waals surface area contributed by atoms with Crippen molar-refractivity contribution >= 4 is 12.0 Å². The van der Waals surface area contributed by atoms with E-state index in [1.165, 1.54) is 5.56 Å². The maximum absolute atomic E-state index is 13.1. The molecule has 2 atom stereocenters. The normalized spacial score (nSPS) is 23.9. The van der Waals surface area contributed by atoms with Crippen LogP contribution in [0.2, 0.25) is 0 Å². The molecule has 2 saturated heterocycles. The maximum Gasteiger partial charge on any atom is 0.318 e. The highest BCUT2D eigenvalue weighted by Gasteiger charge is 2.32. The molecular formula is C23H30N6O2. The van der Waals surface area contributed by atoms with Gasteiger partial charge in [0, 0.05) is 51.0 Å². The first-order valence-corrected chi connectivity index (χ1v) is 11.3. The number of rotatable bonds is 4. The summed E-state index contributed by atoms with van der Waals surface area (Å²) in [4.78, 5) is 24.2. The highest BCUT2D eigenvalue weighted by atomic mass is 16.5. The number of nitrogens with zero attached hydrogens (tertiary/aromatic N) is 3. The van der Waals surface area contributed by atoms with Crippen LogP contribution in [0.4, 0.5) is 10.7 Å². The van der Waals surface area contributed by atoms with Gasteiger partial charge in [-0.1, -0.05) is 30.3 Å². The van der Waals surface area contributed by atoms with Crippen LogP contribution in [0.3, 0.4) is 0 Å². The summed E-state index contributed by atoms with van der Waals surface area (Å²) >= 11 is 0. The van der Waals surface area contributed by atoms with E-state index < -0.39 is 0 Å². The van der Waals surface area contributed by atoms with E-state index in [1.807, 2.05) is 17.2 Å². The summed E-state index contributed by atoms with van der Waals surface area (Å²) in [7, 11) is 0. The molecule has 8 nitrogen and oxygen atoms in total. The van der Waals surface area contributed by atoms with E-state index in [4.69, 9.17) is 9.72 Å². The molecule has 8 heteroatoms. The van der Waals surface area contributed by atoms with E-state index in [9.17, 15) is 4.79 Å². The second-order valence-electron chi connectivity index (χ2n) is 8.60. The average Bonchev–Trinajstić information content (AvgIpc) is 3.28. The molecule has 164 valence electrons. The first kappa shape index (κ1) is 20.2. The van der Waals surface area contributed by atoms with Gasteiger partial charge in [0.2, 0.25) is 5.95 Å². The zero-order chi connectivity index (χ0) is 21.0. The summed E-state index contributed by atoms with van der Waals surface area (Å²) < 4.78 is 5.42. The van der Waals surface area contributed by atoms with Crippen molar-refractivity contribution in [3.63, 3.8) is 0 Å². The number of hydrogen-bond donors (Lipinski definition) is 3. The number of carbonyl (C=O) groups is 1. The Hall–Kier alpha value is -2.71. The summed E-state index contributed by atoms with van der Waals surface area (Å²) in [5.41, 5.74) is 3.33. The molecular weight excluding hydrogens is 392 g/mol. The minimum Gasteiger partial charge on any atom is -0.381 e. The highest BCUT2D eigenvalue weighted by Crippen LogP contribution is 2.24. The van der Waals surface area contributed by atoms with Gasteiger partial charge in [0.1, 0.15) is 0 Å². The summed E-state index contributed by atoms with van der Waals surface area (Å²) in [5, 5.41) is 10.1. The number of anilines is 1. The molecule has 1 aromatic heterocycles. The summed E-state index contributed by atoms with van der Waals surface area (Å²) in [6, 6.07) is 10.8. The van der Waals surface area contributed by atoms with E-state index in [1.54, 1.807) is 0 Å². The monoisotopic (exact) mass is 422 g/mol. The second kappa shape index (κ2) is 9.20. The van der Waals surface area contributed by atoms with Crippen molar-refractivity contribution in [2.24, 2.45) is 0 Å². The molecule has 2 fully saturated rings. The molecule has 3 aliphatic rings. The van der Waals surface area contributed by atoms with Crippen LogP contribution in [-0.4, -0.2) is 65.8 Å².